The molecule has 2 amide bonds. The Labute approximate surface area is 213 Å². The van der Waals surface area contributed by atoms with Gasteiger partial charge in [0.15, 0.2) is 11.8 Å². The van der Waals surface area contributed by atoms with Crippen LogP contribution in [0.2, 0.25) is 5.02 Å². The molecule has 1 atom stereocenters. The summed E-state index contributed by atoms with van der Waals surface area (Å²) in [6.45, 7) is 1.97. The maximum Gasteiger partial charge on any atom is 0.253 e. The molecule has 1 N–H and O–H groups in total. The van der Waals surface area contributed by atoms with Crippen molar-refractivity contribution in [3.05, 3.63) is 88.3 Å². The van der Waals surface area contributed by atoms with Gasteiger partial charge in [-0.3, -0.25) is 23.7 Å². The van der Waals surface area contributed by atoms with E-state index in [0.717, 1.165) is 17.5 Å². The molecule has 0 radical (unpaired) electrons. The number of hydrogen-bond donors (Lipinski definition) is 1. The average Bonchev–Trinajstić information content (AvgIpc) is 3.43. The number of hydrogen-bond acceptors (Lipinski definition) is 5. The minimum atomic E-state index is -1.37. The van der Waals surface area contributed by atoms with Crippen molar-refractivity contribution >= 4 is 29.2 Å². The van der Waals surface area contributed by atoms with Crippen molar-refractivity contribution in [1.29, 1.82) is 0 Å². The third kappa shape index (κ3) is 6.09. The molecule has 2 aromatic heterocycles. The summed E-state index contributed by atoms with van der Waals surface area (Å²) >= 11 is 6.09. The van der Waals surface area contributed by atoms with Gasteiger partial charge in [0.2, 0.25) is 5.91 Å². The smallest absolute Gasteiger partial charge is 0.253 e. The molecule has 188 valence electrons. The van der Waals surface area contributed by atoms with Crippen LogP contribution < -0.4 is 10.9 Å². The first kappa shape index (κ1) is 25.4. The van der Waals surface area contributed by atoms with E-state index in [1.165, 1.54) is 18.3 Å². The van der Waals surface area contributed by atoms with Gasteiger partial charge in [-0.2, -0.15) is 0 Å². The van der Waals surface area contributed by atoms with E-state index in [1.54, 1.807) is 47.8 Å². The largest absolute Gasteiger partial charge is 0.356 e. The first-order valence-electron chi connectivity index (χ1n) is 11.9. The second kappa shape index (κ2) is 11.8. The van der Waals surface area contributed by atoms with Crippen LogP contribution in [0, 0.1) is 5.92 Å². The molecule has 1 aliphatic heterocycles. The van der Waals surface area contributed by atoms with E-state index >= 15 is 0 Å². The van der Waals surface area contributed by atoms with Gasteiger partial charge in [-0.25, -0.2) is 4.98 Å². The van der Waals surface area contributed by atoms with Crippen molar-refractivity contribution in [2.45, 2.75) is 31.8 Å². The maximum absolute atomic E-state index is 13.6. The molecule has 3 heterocycles. The fourth-order valence-electron chi connectivity index (χ4n) is 4.37. The van der Waals surface area contributed by atoms with Crippen molar-refractivity contribution in [2.24, 2.45) is 5.92 Å². The number of ketones is 1. The van der Waals surface area contributed by atoms with E-state index in [9.17, 15) is 19.2 Å². The van der Waals surface area contributed by atoms with Gasteiger partial charge in [-0.15, -0.1) is 0 Å². The Balaban J connectivity index is 1.40. The van der Waals surface area contributed by atoms with Gasteiger partial charge < -0.3 is 14.8 Å². The van der Waals surface area contributed by atoms with Crippen LogP contribution in [0.3, 0.4) is 0 Å². The SMILES string of the molecule is O=C(NCCCn1ccnc1)C1CCN(C(=O)[C@@H](C(=O)c2ccccc2)n2cc(Cl)ccc2=O)CC1. The summed E-state index contributed by atoms with van der Waals surface area (Å²) in [6.07, 6.45) is 8.40. The average molecular weight is 510 g/mol. The molecule has 3 aromatic rings. The third-order valence-electron chi connectivity index (χ3n) is 6.35. The first-order valence-corrected chi connectivity index (χ1v) is 12.3. The molecule has 0 aliphatic carbocycles. The number of nitrogens with zero attached hydrogens (tertiary/aromatic N) is 4. The number of aryl methyl sites for hydroxylation is 1. The molecule has 10 heteroatoms. The van der Waals surface area contributed by atoms with Gasteiger partial charge in [0.05, 0.1) is 11.3 Å². The fraction of sp³-hybridized carbons (Fsp3) is 0.346. The van der Waals surface area contributed by atoms with Gasteiger partial charge in [0.1, 0.15) is 0 Å². The number of rotatable bonds is 9. The van der Waals surface area contributed by atoms with Gasteiger partial charge in [-0.05, 0) is 25.3 Å². The Kier molecular flexibility index (Phi) is 8.32. The Morgan fingerprint density at radius 3 is 2.53 bits per heavy atom. The molecule has 4 rings (SSSR count). The standard InChI is InChI=1S/C26H28ClN5O4/c27-21-7-8-22(33)32(17-21)23(24(34)19-5-2-1-3-6-19)26(36)31-14-9-20(10-15-31)25(35)29-11-4-13-30-16-12-28-18-30/h1-3,5-8,12,16-18,20,23H,4,9-11,13-15H2,(H,29,35)/t23-/m1/s1. The minimum absolute atomic E-state index is 0.0318. The highest BCUT2D eigenvalue weighted by Crippen LogP contribution is 2.23. The molecule has 0 saturated carbocycles. The lowest BCUT2D eigenvalue weighted by Crippen LogP contribution is -2.48. The summed E-state index contributed by atoms with van der Waals surface area (Å²) in [6, 6.07) is 9.70. The molecule has 0 bridgehead atoms. The number of nitrogens with one attached hydrogen (secondary N) is 1. The number of piperidine rings is 1. The van der Waals surface area contributed by atoms with Crippen molar-refractivity contribution < 1.29 is 14.4 Å². The number of imidazole rings is 1. The van der Waals surface area contributed by atoms with E-state index in [-0.39, 0.29) is 16.8 Å². The molecule has 0 spiro atoms. The van der Waals surface area contributed by atoms with Crippen LogP contribution in [0.4, 0.5) is 0 Å². The molecular formula is C26H28ClN5O4. The summed E-state index contributed by atoms with van der Waals surface area (Å²) in [5, 5.41) is 3.22. The molecule has 1 fully saturated rings. The van der Waals surface area contributed by atoms with Gasteiger partial charge in [0.25, 0.3) is 11.5 Å². The molecule has 9 nitrogen and oxygen atoms in total. The lowest BCUT2D eigenvalue weighted by atomic mass is 9.94. The number of benzene rings is 1. The highest BCUT2D eigenvalue weighted by atomic mass is 35.5. The van der Waals surface area contributed by atoms with E-state index in [2.05, 4.69) is 10.3 Å². The summed E-state index contributed by atoms with van der Waals surface area (Å²) in [4.78, 5) is 57.7. The van der Waals surface area contributed by atoms with E-state index in [1.807, 2.05) is 10.8 Å². The van der Waals surface area contributed by atoms with Crippen LogP contribution in [0.15, 0.2) is 72.2 Å². The lowest BCUT2D eigenvalue weighted by molar-refractivity contribution is -0.137. The van der Waals surface area contributed by atoms with Crippen molar-refractivity contribution in [2.75, 3.05) is 19.6 Å². The third-order valence-corrected chi connectivity index (χ3v) is 6.57. The molecular weight excluding hydrogens is 482 g/mol. The zero-order chi connectivity index (χ0) is 25.5. The second-order valence-corrected chi connectivity index (χ2v) is 9.21. The number of likely N-dealkylation sites (tertiary alicyclic amines) is 1. The fourth-order valence-corrected chi connectivity index (χ4v) is 4.54. The highest BCUT2D eigenvalue weighted by molar-refractivity contribution is 6.30. The number of carbonyl (C=O) groups is 3. The van der Waals surface area contributed by atoms with E-state index in [4.69, 9.17) is 11.6 Å². The van der Waals surface area contributed by atoms with Crippen LogP contribution in [0.1, 0.15) is 35.7 Å². The van der Waals surface area contributed by atoms with Crippen LogP contribution in [-0.2, 0) is 16.1 Å². The summed E-state index contributed by atoms with van der Waals surface area (Å²) in [7, 11) is 0. The molecule has 1 saturated heterocycles. The van der Waals surface area contributed by atoms with Gasteiger partial charge in [-0.1, -0.05) is 41.9 Å². The molecule has 1 aliphatic rings. The van der Waals surface area contributed by atoms with Crippen molar-refractivity contribution in [3.8, 4) is 0 Å². The monoisotopic (exact) mass is 509 g/mol. The number of pyridine rings is 1. The quantitative estimate of drug-likeness (QED) is 0.271. The van der Waals surface area contributed by atoms with Crippen molar-refractivity contribution in [3.63, 3.8) is 0 Å². The second-order valence-electron chi connectivity index (χ2n) is 8.77. The minimum Gasteiger partial charge on any atom is -0.356 e. The van der Waals surface area contributed by atoms with Crippen molar-refractivity contribution in [1.82, 2.24) is 24.3 Å². The topological polar surface area (TPSA) is 106 Å². The summed E-state index contributed by atoms with van der Waals surface area (Å²) in [5.74, 6) is -1.20. The van der Waals surface area contributed by atoms with E-state index in [0.29, 0.717) is 38.0 Å². The Morgan fingerprint density at radius 2 is 1.83 bits per heavy atom. The highest BCUT2D eigenvalue weighted by Gasteiger charge is 2.36. The van der Waals surface area contributed by atoms with Gasteiger partial charge in [0, 0.05) is 62.3 Å². The number of halogens is 1. The first-order chi connectivity index (χ1) is 17.4. The zero-order valence-corrected chi connectivity index (χ0v) is 20.5. The summed E-state index contributed by atoms with van der Waals surface area (Å²) in [5.41, 5.74) is -0.167. The number of aromatic nitrogens is 3. The summed E-state index contributed by atoms with van der Waals surface area (Å²) < 4.78 is 3.05. The van der Waals surface area contributed by atoms with Crippen LogP contribution in [0.25, 0.3) is 0 Å². The number of amides is 2. The number of carbonyl (C=O) groups excluding carboxylic acids is 3. The van der Waals surface area contributed by atoms with Crippen LogP contribution in [-0.4, -0.2) is 56.2 Å². The van der Waals surface area contributed by atoms with Crippen LogP contribution >= 0.6 is 11.6 Å². The maximum atomic E-state index is 13.6. The zero-order valence-electron chi connectivity index (χ0n) is 19.8. The number of Topliss-reactive ketones (excluding diaryl/α,β-unsaturated/α-hetero) is 1. The molecule has 1 aromatic carbocycles. The Morgan fingerprint density at radius 1 is 1.08 bits per heavy atom. The van der Waals surface area contributed by atoms with Gasteiger partial charge >= 0.3 is 0 Å². The molecule has 0 unspecified atom stereocenters. The molecule has 36 heavy (non-hydrogen) atoms. The predicted octanol–water partition coefficient (Wildman–Crippen LogP) is 2.57. The van der Waals surface area contributed by atoms with E-state index < -0.39 is 23.3 Å². The Hall–Kier alpha value is -3.72. The predicted molar refractivity (Wildman–Crippen MR) is 135 cm³/mol. The van der Waals surface area contributed by atoms with Crippen LogP contribution in [0.5, 0.6) is 0 Å². The lowest BCUT2D eigenvalue weighted by Gasteiger charge is -2.33. The Bertz CT molecular complexity index is 1250. The normalized spacial score (nSPS) is 14.9.